The molecule has 5 heteroatoms. The molecule has 2 N–H and O–H groups in total. The van der Waals surface area contributed by atoms with Crippen LogP contribution in [0.1, 0.15) is 32.4 Å². The third-order valence-corrected chi connectivity index (χ3v) is 2.62. The van der Waals surface area contributed by atoms with E-state index in [1.54, 1.807) is 0 Å². The van der Waals surface area contributed by atoms with Gasteiger partial charge in [0.25, 0.3) is 0 Å². The second-order valence-electron chi connectivity index (χ2n) is 4.60. The van der Waals surface area contributed by atoms with Gasteiger partial charge in [0.15, 0.2) is 0 Å². The van der Waals surface area contributed by atoms with Gasteiger partial charge in [0.1, 0.15) is 11.6 Å². The van der Waals surface area contributed by atoms with Gasteiger partial charge in [-0.15, -0.1) is 12.4 Å². The Bertz CT molecular complexity index is 375. The lowest BCUT2D eigenvalue weighted by atomic mass is 9.82. The predicted octanol–water partition coefficient (Wildman–Crippen LogP) is 4.09. The van der Waals surface area contributed by atoms with Crippen LogP contribution in [0.5, 0.6) is 0 Å². The molecule has 0 unspecified atom stereocenters. The lowest BCUT2D eigenvalue weighted by Gasteiger charge is -2.28. The van der Waals surface area contributed by atoms with Crippen LogP contribution in [0, 0.1) is 17.0 Å². The second-order valence-corrected chi connectivity index (χ2v) is 5.01. The van der Waals surface area contributed by atoms with Gasteiger partial charge in [-0.1, -0.05) is 32.4 Å². The third-order valence-electron chi connectivity index (χ3n) is 2.32. The van der Waals surface area contributed by atoms with Gasteiger partial charge >= 0.3 is 0 Å². The summed E-state index contributed by atoms with van der Waals surface area (Å²) in [5.74, 6) is -1.42. The number of hydrogen-bond donors (Lipinski definition) is 1. The molecule has 0 amide bonds. The van der Waals surface area contributed by atoms with Crippen molar-refractivity contribution in [2.75, 3.05) is 0 Å². The lowest BCUT2D eigenvalue weighted by molar-refractivity contribution is 0.310. The van der Waals surface area contributed by atoms with Gasteiger partial charge in [-0.05, 0) is 17.5 Å². The summed E-state index contributed by atoms with van der Waals surface area (Å²) in [6.07, 6.45) is 0. The molecule has 1 atom stereocenters. The SMILES string of the molecule is CC(C)(C)[C@H](N)c1c(F)ccc(Cl)c1F.Cl. The van der Waals surface area contributed by atoms with Crippen LogP contribution in [0.15, 0.2) is 12.1 Å². The van der Waals surface area contributed by atoms with Crippen LogP contribution in [0.2, 0.25) is 5.02 Å². The molecule has 1 nitrogen and oxygen atoms in total. The summed E-state index contributed by atoms with van der Waals surface area (Å²) >= 11 is 5.58. The highest BCUT2D eigenvalue weighted by molar-refractivity contribution is 6.30. The Morgan fingerprint density at radius 2 is 1.75 bits per heavy atom. The lowest BCUT2D eigenvalue weighted by Crippen LogP contribution is -2.28. The zero-order valence-corrected chi connectivity index (χ0v) is 10.9. The molecule has 0 aliphatic carbocycles. The Hall–Kier alpha value is -0.380. The van der Waals surface area contributed by atoms with Gasteiger partial charge in [-0.25, -0.2) is 8.78 Å². The molecule has 0 bridgehead atoms. The van der Waals surface area contributed by atoms with Crippen molar-refractivity contribution in [1.82, 2.24) is 0 Å². The summed E-state index contributed by atoms with van der Waals surface area (Å²) in [6, 6.07) is 1.59. The van der Waals surface area contributed by atoms with Crippen LogP contribution >= 0.6 is 24.0 Å². The smallest absolute Gasteiger partial charge is 0.149 e. The molecule has 0 saturated heterocycles. The predicted molar refractivity (Wildman–Crippen MR) is 65.0 cm³/mol. The number of hydrogen-bond acceptors (Lipinski definition) is 1. The van der Waals surface area contributed by atoms with E-state index in [1.165, 1.54) is 6.07 Å². The van der Waals surface area contributed by atoms with Crippen molar-refractivity contribution >= 4 is 24.0 Å². The van der Waals surface area contributed by atoms with Crippen molar-refractivity contribution in [3.8, 4) is 0 Å². The van der Waals surface area contributed by atoms with Crippen molar-refractivity contribution in [3.05, 3.63) is 34.4 Å². The van der Waals surface area contributed by atoms with E-state index in [1.807, 2.05) is 20.8 Å². The van der Waals surface area contributed by atoms with E-state index in [9.17, 15) is 8.78 Å². The first-order chi connectivity index (χ1) is 6.75. The number of nitrogens with two attached hydrogens (primary N) is 1. The van der Waals surface area contributed by atoms with Crippen LogP contribution in [-0.2, 0) is 0 Å². The summed E-state index contributed by atoms with van der Waals surface area (Å²) in [7, 11) is 0. The molecule has 1 rings (SSSR count). The zero-order valence-electron chi connectivity index (χ0n) is 9.35. The van der Waals surface area contributed by atoms with Gasteiger partial charge in [0.2, 0.25) is 0 Å². The van der Waals surface area contributed by atoms with Gasteiger partial charge in [0, 0.05) is 11.6 Å². The van der Waals surface area contributed by atoms with Crippen LogP contribution in [0.3, 0.4) is 0 Å². The average Bonchev–Trinajstić information content (AvgIpc) is 2.10. The first-order valence-corrected chi connectivity index (χ1v) is 5.02. The topological polar surface area (TPSA) is 26.0 Å². The minimum absolute atomic E-state index is 0. The Morgan fingerprint density at radius 1 is 1.25 bits per heavy atom. The first-order valence-electron chi connectivity index (χ1n) is 4.64. The number of rotatable bonds is 1. The van der Waals surface area contributed by atoms with E-state index >= 15 is 0 Å². The fourth-order valence-electron chi connectivity index (χ4n) is 1.26. The van der Waals surface area contributed by atoms with Crippen molar-refractivity contribution in [2.24, 2.45) is 11.1 Å². The minimum atomic E-state index is -0.765. The molecule has 92 valence electrons. The van der Waals surface area contributed by atoms with Crippen molar-refractivity contribution < 1.29 is 8.78 Å². The highest BCUT2D eigenvalue weighted by atomic mass is 35.5. The fraction of sp³-hybridized carbons (Fsp3) is 0.455. The number of halogens is 4. The summed E-state index contributed by atoms with van der Waals surface area (Å²) in [5, 5.41) is -0.105. The molecule has 0 spiro atoms. The van der Waals surface area contributed by atoms with E-state index < -0.39 is 23.1 Å². The maximum absolute atomic E-state index is 13.6. The fourth-order valence-corrected chi connectivity index (χ4v) is 1.43. The molecule has 1 aromatic carbocycles. The Labute approximate surface area is 105 Å². The molecule has 0 saturated carbocycles. The highest BCUT2D eigenvalue weighted by Gasteiger charge is 2.28. The monoisotopic (exact) mass is 269 g/mol. The maximum atomic E-state index is 13.6. The summed E-state index contributed by atoms with van der Waals surface area (Å²) in [5.41, 5.74) is 5.24. The molecular weight excluding hydrogens is 255 g/mol. The zero-order chi connectivity index (χ0) is 11.8. The van der Waals surface area contributed by atoms with Gasteiger partial charge in [-0.2, -0.15) is 0 Å². The molecule has 0 heterocycles. The van der Waals surface area contributed by atoms with Gasteiger partial charge < -0.3 is 5.73 Å². The van der Waals surface area contributed by atoms with Crippen LogP contribution in [0.4, 0.5) is 8.78 Å². The van der Waals surface area contributed by atoms with E-state index in [4.69, 9.17) is 17.3 Å². The Balaban J connectivity index is 0.00000225. The quantitative estimate of drug-likeness (QED) is 0.764. The second kappa shape index (κ2) is 5.30. The highest BCUT2D eigenvalue weighted by Crippen LogP contribution is 2.35. The largest absolute Gasteiger partial charge is 0.323 e. The van der Waals surface area contributed by atoms with E-state index in [2.05, 4.69) is 0 Å². The summed E-state index contributed by atoms with van der Waals surface area (Å²) in [6.45, 7) is 5.45. The standard InChI is InChI=1S/C11H14ClF2N.ClH/c1-11(2,3)10(15)8-7(13)5-4-6(12)9(8)14;/h4-5,10H,15H2,1-3H3;1H/t10-;/m1./s1. The van der Waals surface area contributed by atoms with Gasteiger partial charge in [-0.3, -0.25) is 0 Å². The van der Waals surface area contributed by atoms with Crippen LogP contribution in [0.25, 0.3) is 0 Å². The Kier molecular flexibility index (Phi) is 5.17. The number of benzene rings is 1. The molecule has 1 aromatic rings. The molecule has 0 radical (unpaired) electrons. The van der Waals surface area contributed by atoms with E-state index in [-0.39, 0.29) is 23.0 Å². The normalized spacial score (nSPS) is 13.2. The first kappa shape index (κ1) is 15.6. The average molecular weight is 270 g/mol. The van der Waals surface area contributed by atoms with E-state index in [0.717, 1.165) is 6.07 Å². The summed E-state index contributed by atoms with van der Waals surface area (Å²) in [4.78, 5) is 0. The molecule has 0 fully saturated rings. The minimum Gasteiger partial charge on any atom is -0.323 e. The summed E-state index contributed by atoms with van der Waals surface area (Å²) < 4.78 is 27.0. The van der Waals surface area contributed by atoms with Crippen molar-refractivity contribution in [3.63, 3.8) is 0 Å². The van der Waals surface area contributed by atoms with Gasteiger partial charge in [0.05, 0.1) is 5.02 Å². The Morgan fingerprint density at radius 3 is 2.19 bits per heavy atom. The molecular formula is C11H15Cl2F2N. The van der Waals surface area contributed by atoms with E-state index in [0.29, 0.717) is 0 Å². The van der Waals surface area contributed by atoms with Crippen LogP contribution in [-0.4, -0.2) is 0 Å². The third kappa shape index (κ3) is 3.06. The van der Waals surface area contributed by atoms with Crippen molar-refractivity contribution in [1.29, 1.82) is 0 Å². The molecule has 16 heavy (non-hydrogen) atoms. The maximum Gasteiger partial charge on any atom is 0.149 e. The molecule has 0 aromatic heterocycles. The molecule has 0 aliphatic rings. The van der Waals surface area contributed by atoms with Crippen molar-refractivity contribution in [2.45, 2.75) is 26.8 Å². The molecule has 0 aliphatic heterocycles. The van der Waals surface area contributed by atoms with Crippen LogP contribution < -0.4 is 5.73 Å².